The summed E-state index contributed by atoms with van der Waals surface area (Å²) >= 11 is 1.26. The van der Waals surface area contributed by atoms with E-state index in [-0.39, 0.29) is 23.8 Å². The van der Waals surface area contributed by atoms with Gasteiger partial charge in [0.2, 0.25) is 11.1 Å². The molecule has 0 aliphatic carbocycles. The molecule has 0 bridgehead atoms. The van der Waals surface area contributed by atoms with Crippen LogP contribution in [0.1, 0.15) is 37.7 Å². The van der Waals surface area contributed by atoms with Gasteiger partial charge in [-0.2, -0.15) is 0 Å². The fourth-order valence-electron chi connectivity index (χ4n) is 2.20. The number of hydrogen-bond acceptors (Lipinski definition) is 6. The molecule has 1 amide bonds. The lowest BCUT2D eigenvalue weighted by Gasteiger charge is -2.13. The molecule has 25 heavy (non-hydrogen) atoms. The molecule has 0 saturated carbocycles. The summed E-state index contributed by atoms with van der Waals surface area (Å²) < 4.78 is 7.15. The predicted molar refractivity (Wildman–Crippen MR) is 99.0 cm³/mol. The average Bonchev–Trinajstić information content (AvgIpc) is 2.86. The molecule has 136 valence electrons. The summed E-state index contributed by atoms with van der Waals surface area (Å²) in [4.78, 5) is 12.0. The van der Waals surface area contributed by atoms with Gasteiger partial charge in [0.15, 0.2) is 5.82 Å². The van der Waals surface area contributed by atoms with Crippen LogP contribution in [0.2, 0.25) is 0 Å². The molecular formula is C17H25N5O2S. The number of amides is 1. The molecule has 0 radical (unpaired) electrons. The van der Waals surface area contributed by atoms with Crippen molar-refractivity contribution >= 4 is 17.7 Å². The molecule has 0 unspecified atom stereocenters. The van der Waals surface area contributed by atoms with Gasteiger partial charge in [-0.15, -0.1) is 10.2 Å². The quantitative estimate of drug-likeness (QED) is 0.578. The fourth-order valence-corrected chi connectivity index (χ4v) is 3.00. The zero-order valence-corrected chi connectivity index (χ0v) is 16.1. The lowest BCUT2D eigenvalue weighted by atomic mass is 10.1. The average molecular weight is 363 g/mol. The number of aryl methyl sites for hydroxylation is 2. The van der Waals surface area contributed by atoms with Crippen LogP contribution in [0, 0.1) is 13.8 Å². The van der Waals surface area contributed by atoms with Crippen LogP contribution in [0.4, 0.5) is 0 Å². The van der Waals surface area contributed by atoms with Gasteiger partial charge < -0.3 is 15.9 Å². The summed E-state index contributed by atoms with van der Waals surface area (Å²) in [6.07, 6.45) is 0. The lowest BCUT2D eigenvalue weighted by molar-refractivity contribution is -0.120. The number of nitrogen functional groups attached to an aromatic ring is 1. The van der Waals surface area contributed by atoms with E-state index in [1.165, 1.54) is 22.0 Å². The second kappa shape index (κ2) is 8.24. The second-order valence-corrected chi connectivity index (χ2v) is 7.56. The van der Waals surface area contributed by atoms with Gasteiger partial charge in [0, 0.05) is 6.04 Å². The first-order chi connectivity index (χ1) is 11.8. The molecule has 0 spiro atoms. The number of rotatable bonds is 7. The highest BCUT2D eigenvalue weighted by atomic mass is 32.2. The molecule has 1 aromatic carbocycles. The van der Waals surface area contributed by atoms with E-state index >= 15 is 0 Å². The van der Waals surface area contributed by atoms with Gasteiger partial charge in [-0.3, -0.25) is 4.79 Å². The third-order valence-corrected chi connectivity index (χ3v) is 4.56. The van der Waals surface area contributed by atoms with E-state index < -0.39 is 0 Å². The van der Waals surface area contributed by atoms with Crippen molar-refractivity contribution in [3.63, 3.8) is 0 Å². The van der Waals surface area contributed by atoms with Crippen LogP contribution in [0.3, 0.4) is 0 Å². The van der Waals surface area contributed by atoms with Crippen molar-refractivity contribution in [3.8, 4) is 5.75 Å². The van der Waals surface area contributed by atoms with Crippen LogP contribution in [0.25, 0.3) is 0 Å². The Morgan fingerprint density at radius 1 is 1.32 bits per heavy atom. The standard InChI is InChI=1S/C17H25N5O2S/c1-10(2)19-16(23)13(5)25-17-21-20-15(22(17)18)9-24-14-7-6-11(3)8-12(14)4/h6-8,10,13H,9,18H2,1-5H3,(H,19,23)/t13-/m1/s1. The van der Waals surface area contributed by atoms with Crippen molar-refractivity contribution in [3.05, 3.63) is 35.2 Å². The van der Waals surface area contributed by atoms with Gasteiger partial charge in [-0.05, 0) is 46.2 Å². The number of carbonyl (C=O) groups is 1. The maximum atomic E-state index is 12.0. The van der Waals surface area contributed by atoms with Crippen LogP contribution in [0.5, 0.6) is 5.75 Å². The van der Waals surface area contributed by atoms with Crippen LogP contribution < -0.4 is 15.9 Å². The Hall–Kier alpha value is -2.22. The Labute approximate surface area is 152 Å². The van der Waals surface area contributed by atoms with E-state index in [4.69, 9.17) is 10.6 Å². The Balaban J connectivity index is 1.99. The minimum absolute atomic E-state index is 0.0592. The fraction of sp³-hybridized carbons (Fsp3) is 0.471. The maximum Gasteiger partial charge on any atom is 0.233 e. The van der Waals surface area contributed by atoms with Gasteiger partial charge in [0.1, 0.15) is 12.4 Å². The number of aromatic nitrogens is 3. The van der Waals surface area contributed by atoms with Crippen molar-refractivity contribution < 1.29 is 9.53 Å². The number of nitrogens with zero attached hydrogens (tertiary/aromatic N) is 3. The van der Waals surface area contributed by atoms with E-state index in [1.807, 2.05) is 46.8 Å². The van der Waals surface area contributed by atoms with Gasteiger partial charge >= 0.3 is 0 Å². The molecule has 1 heterocycles. The summed E-state index contributed by atoms with van der Waals surface area (Å²) in [7, 11) is 0. The predicted octanol–water partition coefficient (Wildman–Crippen LogP) is 2.19. The summed E-state index contributed by atoms with van der Waals surface area (Å²) in [6.45, 7) is 9.88. The highest BCUT2D eigenvalue weighted by Crippen LogP contribution is 2.22. The van der Waals surface area contributed by atoms with Gasteiger partial charge in [-0.25, -0.2) is 4.68 Å². The molecule has 0 aliphatic heterocycles. The molecule has 1 atom stereocenters. The number of nitrogens with two attached hydrogens (primary N) is 1. The largest absolute Gasteiger partial charge is 0.485 e. The number of carbonyl (C=O) groups excluding carboxylic acids is 1. The van der Waals surface area contributed by atoms with Gasteiger partial charge in [0.25, 0.3) is 0 Å². The Bertz CT molecular complexity index is 745. The topological polar surface area (TPSA) is 95.1 Å². The molecule has 0 saturated heterocycles. The molecule has 0 aliphatic rings. The molecule has 0 fully saturated rings. The summed E-state index contributed by atoms with van der Waals surface area (Å²) in [5.41, 5.74) is 2.23. The van der Waals surface area contributed by atoms with Gasteiger partial charge in [0.05, 0.1) is 5.25 Å². The summed E-state index contributed by atoms with van der Waals surface area (Å²) in [5.74, 6) is 7.26. The zero-order valence-electron chi connectivity index (χ0n) is 15.2. The van der Waals surface area contributed by atoms with Crippen LogP contribution in [-0.4, -0.2) is 32.1 Å². The number of hydrogen-bond donors (Lipinski definition) is 2. The molecule has 2 aromatic rings. The maximum absolute atomic E-state index is 12.0. The summed E-state index contributed by atoms with van der Waals surface area (Å²) in [5, 5.41) is 11.1. The zero-order chi connectivity index (χ0) is 18.6. The van der Waals surface area contributed by atoms with Gasteiger partial charge in [-0.1, -0.05) is 29.5 Å². The first-order valence-electron chi connectivity index (χ1n) is 8.14. The number of benzene rings is 1. The first-order valence-corrected chi connectivity index (χ1v) is 9.02. The van der Waals surface area contributed by atoms with Crippen molar-refractivity contribution in [2.75, 3.05) is 5.84 Å². The smallest absolute Gasteiger partial charge is 0.233 e. The monoisotopic (exact) mass is 363 g/mol. The Morgan fingerprint density at radius 2 is 2.04 bits per heavy atom. The van der Waals surface area contributed by atoms with E-state index in [9.17, 15) is 4.79 Å². The summed E-state index contributed by atoms with van der Waals surface area (Å²) in [6, 6.07) is 6.06. The number of nitrogens with one attached hydrogen (secondary N) is 1. The molecule has 1 aromatic heterocycles. The minimum atomic E-state index is -0.318. The van der Waals surface area contributed by atoms with Crippen molar-refractivity contribution in [2.45, 2.75) is 57.7 Å². The van der Waals surface area contributed by atoms with Crippen molar-refractivity contribution in [1.82, 2.24) is 20.2 Å². The van der Waals surface area contributed by atoms with Crippen LogP contribution >= 0.6 is 11.8 Å². The second-order valence-electron chi connectivity index (χ2n) is 6.25. The van der Waals surface area contributed by atoms with E-state index in [0.717, 1.165) is 11.3 Å². The first kappa shape index (κ1) is 19.1. The third-order valence-electron chi connectivity index (χ3n) is 3.50. The molecular weight excluding hydrogens is 338 g/mol. The number of ether oxygens (including phenoxy) is 1. The Kier molecular flexibility index (Phi) is 6.30. The third kappa shape index (κ3) is 5.12. The van der Waals surface area contributed by atoms with Crippen molar-refractivity contribution in [2.24, 2.45) is 0 Å². The highest BCUT2D eigenvalue weighted by molar-refractivity contribution is 8.00. The van der Waals surface area contributed by atoms with E-state index in [0.29, 0.717) is 11.0 Å². The lowest BCUT2D eigenvalue weighted by Crippen LogP contribution is -2.36. The molecule has 8 heteroatoms. The molecule has 2 rings (SSSR count). The Morgan fingerprint density at radius 3 is 2.68 bits per heavy atom. The van der Waals surface area contributed by atoms with Crippen molar-refractivity contribution in [1.29, 1.82) is 0 Å². The van der Waals surface area contributed by atoms with Crippen LogP contribution in [0.15, 0.2) is 23.4 Å². The van der Waals surface area contributed by atoms with E-state index in [1.54, 1.807) is 0 Å². The normalized spacial score (nSPS) is 12.2. The SMILES string of the molecule is Cc1ccc(OCc2nnc(S[C@H](C)C(=O)NC(C)C)n2N)c(C)c1. The highest BCUT2D eigenvalue weighted by Gasteiger charge is 2.20. The molecule has 3 N–H and O–H groups in total. The minimum Gasteiger partial charge on any atom is -0.485 e. The molecule has 7 nitrogen and oxygen atoms in total. The van der Waals surface area contributed by atoms with Crippen LogP contribution in [-0.2, 0) is 11.4 Å². The number of thioether (sulfide) groups is 1. The van der Waals surface area contributed by atoms with E-state index in [2.05, 4.69) is 21.6 Å².